The molecule has 3 rings (SSSR count). The lowest BCUT2D eigenvalue weighted by Crippen LogP contribution is -2.13. The van der Waals surface area contributed by atoms with E-state index in [0.29, 0.717) is 17.9 Å². The molecule has 2 aliphatic rings. The SMILES string of the molecule is C1CC2OCCC2O1.CCCNc1cc(O)ccc1N. The maximum Gasteiger partial charge on any atom is 0.117 e. The van der Waals surface area contributed by atoms with Gasteiger partial charge in [0.1, 0.15) is 5.75 Å². The van der Waals surface area contributed by atoms with Crippen molar-refractivity contribution in [2.24, 2.45) is 0 Å². The molecule has 0 aliphatic carbocycles. The molecule has 2 atom stereocenters. The van der Waals surface area contributed by atoms with Gasteiger partial charge in [0.25, 0.3) is 0 Å². The van der Waals surface area contributed by atoms with Gasteiger partial charge in [0.2, 0.25) is 0 Å². The Morgan fingerprint density at radius 3 is 2.50 bits per heavy atom. The van der Waals surface area contributed by atoms with Gasteiger partial charge in [-0.25, -0.2) is 0 Å². The summed E-state index contributed by atoms with van der Waals surface area (Å²) in [6.45, 7) is 4.77. The molecule has 5 nitrogen and oxygen atoms in total. The minimum atomic E-state index is 0.239. The highest BCUT2D eigenvalue weighted by Gasteiger charge is 2.33. The number of phenolic OH excluding ortho intramolecular Hbond substituents is 1. The average molecular weight is 280 g/mol. The van der Waals surface area contributed by atoms with E-state index in [1.807, 2.05) is 0 Å². The van der Waals surface area contributed by atoms with Gasteiger partial charge in [-0.1, -0.05) is 6.92 Å². The van der Waals surface area contributed by atoms with Crippen LogP contribution in [0.4, 0.5) is 11.4 Å². The lowest BCUT2D eigenvalue weighted by atomic mass is 10.2. The second-order valence-corrected chi connectivity index (χ2v) is 5.09. The summed E-state index contributed by atoms with van der Waals surface area (Å²) in [7, 11) is 0. The van der Waals surface area contributed by atoms with E-state index in [0.717, 1.165) is 44.7 Å². The standard InChI is InChI=1S/C9H14N2O.C6H10O2/c1-2-5-11-9-6-7(12)3-4-8(9)10;1-3-7-6-2-4-8-5(1)6/h3-4,6,11-12H,2,5,10H2,1H3;5-6H,1-4H2. The molecule has 2 fully saturated rings. The second-order valence-electron chi connectivity index (χ2n) is 5.09. The molecular formula is C15H24N2O3. The number of nitrogen functional groups attached to an aromatic ring is 1. The summed E-state index contributed by atoms with van der Waals surface area (Å²) >= 11 is 0. The van der Waals surface area contributed by atoms with Crippen molar-refractivity contribution < 1.29 is 14.6 Å². The zero-order chi connectivity index (χ0) is 14.4. The van der Waals surface area contributed by atoms with Crippen molar-refractivity contribution in [2.45, 2.75) is 38.4 Å². The highest BCUT2D eigenvalue weighted by atomic mass is 16.6. The molecule has 2 aliphatic heterocycles. The number of phenols is 1. The molecule has 2 heterocycles. The summed E-state index contributed by atoms with van der Waals surface area (Å²) in [5, 5.41) is 12.3. The van der Waals surface area contributed by atoms with Crippen molar-refractivity contribution in [1.82, 2.24) is 0 Å². The first-order chi connectivity index (χ1) is 9.70. The Bertz CT molecular complexity index is 406. The molecule has 0 bridgehead atoms. The predicted octanol–water partition coefficient (Wildman–Crippen LogP) is 2.36. The highest BCUT2D eigenvalue weighted by Crippen LogP contribution is 2.25. The van der Waals surface area contributed by atoms with Gasteiger partial charge in [-0.3, -0.25) is 0 Å². The van der Waals surface area contributed by atoms with Crippen molar-refractivity contribution in [2.75, 3.05) is 30.8 Å². The van der Waals surface area contributed by atoms with Gasteiger partial charge < -0.3 is 25.6 Å². The van der Waals surface area contributed by atoms with Crippen LogP contribution in [-0.2, 0) is 9.47 Å². The number of anilines is 2. The van der Waals surface area contributed by atoms with E-state index in [1.54, 1.807) is 18.2 Å². The molecule has 0 spiro atoms. The first kappa shape index (κ1) is 14.9. The Morgan fingerprint density at radius 1 is 1.25 bits per heavy atom. The molecule has 1 aromatic rings. The van der Waals surface area contributed by atoms with Gasteiger partial charge in [-0.2, -0.15) is 0 Å². The number of nitrogens with two attached hydrogens (primary N) is 1. The Hall–Kier alpha value is -1.46. The molecule has 4 N–H and O–H groups in total. The maximum atomic E-state index is 9.14. The van der Waals surface area contributed by atoms with Crippen LogP contribution in [0.15, 0.2) is 18.2 Å². The first-order valence-corrected chi connectivity index (χ1v) is 7.26. The average Bonchev–Trinajstić information content (AvgIpc) is 3.04. The molecule has 0 radical (unpaired) electrons. The lowest BCUT2D eigenvalue weighted by Gasteiger charge is -2.07. The Kier molecular flexibility index (Phi) is 5.49. The summed E-state index contributed by atoms with van der Waals surface area (Å²) in [6.07, 6.45) is 4.18. The summed E-state index contributed by atoms with van der Waals surface area (Å²) in [5.41, 5.74) is 7.13. The molecule has 5 heteroatoms. The zero-order valence-electron chi connectivity index (χ0n) is 12.0. The number of aromatic hydroxyl groups is 1. The van der Waals surface area contributed by atoms with E-state index < -0.39 is 0 Å². The van der Waals surface area contributed by atoms with Crippen LogP contribution in [0.3, 0.4) is 0 Å². The van der Waals surface area contributed by atoms with Crippen LogP contribution in [0.1, 0.15) is 26.2 Å². The molecule has 2 unspecified atom stereocenters. The molecular weight excluding hydrogens is 256 g/mol. The van der Waals surface area contributed by atoms with Gasteiger partial charge in [-0.15, -0.1) is 0 Å². The molecule has 2 saturated heterocycles. The number of hydrogen-bond acceptors (Lipinski definition) is 5. The minimum Gasteiger partial charge on any atom is -0.508 e. The summed E-state index contributed by atoms with van der Waals surface area (Å²) in [5.74, 6) is 0.239. The van der Waals surface area contributed by atoms with Gasteiger partial charge >= 0.3 is 0 Å². The van der Waals surface area contributed by atoms with E-state index in [1.165, 1.54) is 0 Å². The normalized spacial score (nSPS) is 23.9. The maximum absolute atomic E-state index is 9.14. The Balaban J connectivity index is 0.000000157. The van der Waals surface area contributed by atoms with Gasteiger partial charge in [0, 0.05) is 25.8 Å². The van der Waals surface area contributed by atoms with Crippen molar-refractivity contribution in [3.8, 4) is 5.75 Å². The van der Waals surface area contributed by atoms with Crippen LogP contribution in [0.25, 0.3) is 0 Å². The fourth-order valence-electron chi connectivity index (χ4n) is 2.38. The quantitative estimate of drug-likeness (QED) is 0.585. The topological polar surface area (TPSA) is 76.7 Å². The van der Waals surface area contributed by atoms with Crippen LogP contribution in [0, 0.1) is 0 Å². The van der Waals surface area contributed by atoms with Gasteiger partial charge in [-0.05, 0) is 31.4 Å². The smallest absolute Gasteiger partial charge is 0.117 e. The predicted molar refractivity (Wildman–Crippen MR) is 80.0 cm³/mol. The molecule has 0 saturated carbocycles. The van der Waals surface area contributed by atoms with E-state index in [-0.39, 0.29) is 5.75 Å². The zero-order valence-corrected chi connectivity index (χ0v) is 12.0. The van der Waals surface area contributed by atoms with Crippen LogP contribution in [0.5, 0.6) is 5.75 Å². The highest BCUT2D eigenvalue weighted by molar-refractivity contribution is 5.67. The largest absolute Gasteiger partial charge is 0.508 e. The van der Waals surface area contributed by atoms with Crippen LogP contribution in [-0.4, -0.2) is 37.1 Å². The van der Waals surface area contributed by atoms with Crippen molar-refractivity contribution in [3.63, 3.8) is 0 Å². The van der Waals surface area contributed by atoms with E-state index in [9.17, 15) is 0 Å². The lowest BCUT2D eigenvalue weighted by molar-refractivity contribution is 0.0732. The van der Waals surface area contributed by atoms with Gasteiger partial charge in [0.15, 0.2) is 0 Å². The number of hydrogen-bond donors (Lipinski definition) is 3. The molecule has 0 amide bonds. The number of nitrogens with one attached hydrogen (secondary N) is 1. The van der Waals surface area contributed by atoms with E-state index >= 15 is 0 Å². The molecule has 0 aromatic heterocycles. The van der Waals surface area contributed by atoms with E-state index in [2.05, 4.69) is 12.2 Å². The fourth-order valence-corrected chi connectivity index (χ4v) is 2.38. The third kappa shape index (κ3) is 4.02. The third-order valence-corrected chi connectivity index (χ3v) is 3.49. The van der Waals surface area contributed by atoms with Crippen LogP contribution in [0.2, 0.25) is 0 Å². The molecule has 112 valence electrons. The van der Waals surface area contributed by atoms with Crippen molar-refractivity contribution in [3.05, 3.63) is 18.2 Å². The fraction of sp³-hybridized carbons (Fsp3) is 0.600. The Morgan fingerprint density at radius 2 is 1.90 bits per heavy atom. The van der Waals surface area contributed by atoms with Crippen molar-refractivity contribution >= 4 is 11.4 Å². The van der Waals surface area contributed by atoms with E-state index in [4.69, 9.17) is 20.3 Å². The first-order valence-electron chi connectivity index (χ1n) is 7.26. The summed E-state index contributed by atoms with van der Waals surface area (Å²) < 4.78 is 10.7. The second kappa shape index (κ2) is 7.36. The van der Waals surface area contributed by atoms with Crippen molar-refractivity contribution in [1.29, 1.82) is 0 Å². The number of fused-ring (bicyclic) bond motifs is 1. The summed E-state index contributed by atoms with van der Waals surface area (Å²) in [6, 6.07) is 4.89. The summed E-state index contributed by atoms with van der Waals surface area (Å²) in [4.78, 5) is 0. The third-order valence-electron chi connectivity index (χ3n) is 3.49. The number of benzene rings is 1. The minimum absolute atomic E-state index is 0.239. The molecule has 1 aromatic carbocycles. The Labute approximate surface area is 120 Å². The van der Waals surface area contributed by atoms with Gasteiger partial charge in [0.05, 0.1) is 23.6 Å². The van der Waals surface area contributed by atoms with Crippen LogP contribution < -0.4 is 11.1 Å². The number of rotatable bonds is 3. The van der Waals surface area contributed by atoms with Crippen LogP contribution >= 0.6 is 0 Å². The monoisotopic (exact) mass is 280 g/mol. The molecule has 20 heavy (non-hydrogen) atoms. The number of ether oxygens (including phenoxy) is 2.